The number of carbonyl (C=O) groups excluding carboxylic acids is 1. The van der Waals surface area contributed by atoms with Crippen LogP contribution in [0.1, 0.15) is 21.7 Å². The SMILES string of the molecule is COCCn1c(C)cc(C(=O)Cn2cnc3c(Cl)cc(Cl)cc3c2=O)c1C. The summed E-state index contributed by atoms with van der Waals surface area (Å²) in [6.07, 6.45) is 1.34. The number of halogens is 2. The Hall–Kier alpha value is -2.15. The highest BCUT2D eigenvalue weighted by Gasteiger charge is 2.17. The Morgan fingerprint density at radius 1 is 1.22 bits per heavy atom. The van der Waals surface area contributed by atoms with Crippen molar-refractivity contribution in [1.29, 1.82) is 0 Å². The van der Waals surface area contributed by atoms with Crippen molar-refractivity contribution in [3.05, 3.63) is 61.9 Å². The minimum atomic E-state index is -0.356. The molecule has 0 saturated carbocycles. The molecule has 0 bridgehead atoms. The Morgan fingerprint density at radius 2 is 1.96 bits per heavy atom. The molecule has 0 radical (unpaired) electrons. The molecule has 1 aromatic carbocycles. The Bertz CT molecular complexity index is 1090. The molecule has 2 heterocycles. The average Bonchev–Trinajstić information content (AvgIpc) is 2.90. The van der Waals surface area contributed by atoms with Gasteiger partial charge in [-0.1, -0.05) is 23.2 Å². The van der Waals surface area contributed by atoms with Gasteiger partial charge in [0.2, 0.25) is 0 Å². The van der Waals surface area contributed by atoms with Gasteiger partial charge in [-0.25, -0.2) is 4.98 Å². The zero-order valence-corrected chi connectivity index (χ0v) is 16.8. The average molecular weight is 408 g/mol. The largest absolute Gasteiger partial charge is 0.383 e. The molecular formula is C19H19Cl2N3O3. The summed E-state index contributed by atoms with van der Waals surface area (Å²) in [5.74, 6) is -0.164. The first-order valence-electron chi connectivity index (χ1n) is 8.36. The van der Waals surface area contributed by atoms with E-state index in [1.54, 1.807) is 7.11 Å². The standard InChI is InChI=1S/C19H19Cl2N3O3/c1-11-6-14(12(2)24(11)4-5-27-3)17(25)9-23-10-22-18-15(19(23)26)7-13(20)8-16(18)21/h6-8,10H,4-5,9H2,1-3H3. The van der Waals surface area contributed by atoms with Gasteiger partial charge >= 0.3 is 0 Å². The summed E-state index contributed by atoms with van der Waals surface area (Å²) in [7, 11) is 1.64. The summed E-state index contributed by atoms with van der Waals surface area (Å²) in [5, 5.41) is 0.931. The van der Waals surface area contributed by atoms with Crippen molar-refractivity contribution in [2.75, 3.05) is 13.7 Å². The van der Waals surface area contributed by atoms with Gasteiger partial charge in [-0.15, -0.1) is 0 Å². The normalized spacial score (nSPS) is 11.3. The van der Waals surface area contributed by atoms with Crippen LogP contribution in [0, 0.1) is 13.8 Å². The van der Waals surface area contributed by atoms with Crippen LogP contribution in [0.4, 0.5) is 0 Å². The smallest absolute Gasteiger partial charge is 0.261 e. The van der Waals surface area contributed by atoms with Crippen molar-refractivity contribution < 1.29 is 9.53 Å². The number of hydrogen-bond acceptors (Lipinski definition) is 4. The number of Topliss-reactive ketones (excluding diaryl/α,β-unsaturated/α-hetero) is 1. The number of ether oxygens (including phenoxy) is 1. The van der Waals surface area contributed by atoms with Gasteiger partial charge in [-0.2, -0.15) is 0 Å². The Morgan fingerprint density at radius 3 is 2.67 bits per heavy atom. The second-order valence-electron chi connectivity index (χ2n) is 6.31. The molecule has 0 unspecified atom stereocenters. The summed E-state index contributed by atoms with van der Waals surface area (Å²) in [6, 6.07) is 4.87. The lowest BCUT2D eigenvalue weighted by molar-refractivity contribution is 0.0969. The first kappa shape index (κ1) is 19.6. The molecule has 8 heteroatoms. The second-order valence-corrected chi connectivity index (χ2v) is 7.16. The number of nitrogens with zero attached hydrogens (tertiary/aromatic N) is 3. The molecule has 142 valence electrons. The number of benzene rings is 1. The Kier molecular flexibility index (Phi) is 5.69. The van der Waals surface area contributed by atoms with Crippen molar-refractivity contribution in [3.63, 3.8) is 0 Å². The first-order valence-corrected chi connectivity index (χ1v) is 9.12. The third-order valence-corrected chi connectivity index (χ3v) is 5.06. The number of rotatable bonds is 6. The zero-order valence-electron chi connectivity index (χ0n) is 15.3. The Labute approximate surface area is 166 Å². The van der Waals surface area contributed by atoms with Crippen molar-refractivity contribution in [2.24, 2.45) is 0 Å². The van der Waals surface area contributed by atoms with E-state index in [1.807, 2.05) is 24.5 Å². The minimum absolute atomic E-state index is 0.111. The van der Waals surface area contributed by atoms with Gasteiger partial charge in [0.05, 0.1) is 35.4 Å². The maximum Gasteiger partial charge on any atom is 0.261 e. The molecule has 0 spiro atoms. The molecule has 2 aromatic heterocycles. The monoisotopic (exact) mass is 407 g/mol. The van der Waals surface area contributed by atoms with Crippen LogP contribution in [0.15, 0.2) is 29.3 Å². The summed E-state index contributed by atoms with van der Waals surface area (Å²) in [6.45, 7) is 4.93. The van der Waals surface area contributed by atoms with Crippen molar-refractivity contribution in [2.45, 2.75) is 26.9 Å². The van der Waals surface area contributed by atoms with Crippen LogP contribution in [-0.2, 0) is 17.8 Å². The number of ketones is 1. The number of fused-ring (bicyclic) bond motifs is 1. The predicted octanol–water partition coefficient (Wildman–Crippen LogP) is 3.65. The van der Waals surface area contributed by atoms with E-state index in [4.69, 9.17) is 27.9 Å². The molecule has 0 amide bonds. The van der Waals surface area contributed by atoms with Gasteiger partial charge < -0.3 is 9.30 Å². The lowest BCUT2D eigenvalue weighted by Gasteiger charge is -2.09. The molecule has 0 aliphatic carbocycles. The fourth-order valence-corrected chi connectivity index (χ4v) is 3.70. The van der Waals surface area contributed by atoms with E-state index >= 15 is 0 Å². The van der Waals surface area contributed by atoms with Gasteiger partial charge in [0.25, 0.3) is 5.56 Å². The highest BCUT2D eigenvalue weighted by Crippen LogP contribution is 2.24. The molecular weight excluding hydrogens is 389 g/mol. The summed E-state index contributed by atoms with van der Waals surface area (Å²) in [4.78, 5) is 29.8. The number of methoxy groups -OCH3 is 1. The van der Waals surface area contributed by atoms with E-state index in [-0.39, 0.29) is 23.3 Å². The lowest BCUT2D eigenvalue weighted by Crippen LogP contribution is -2.25. The molecule has 0 aliphatic rings. The quantitative estimate of drug-likeness (QED) is 0.584. The van der Waals surface area contributed by atoms with E-state index in [1.165, 1.54) is 23.0 Å². The molecule has 0 N–H and O–H groups in total. The van der Waals surface area contributed by atoms with E-state index < -0.39 is 0 Å². The fourth-order valence-electron chi connectivity index (χ4n) is 3.16. The minimum Gasteiger partial charge on any atom is -0.383 e. The van der Waals surface area contributed by atoms with Gasteiger partial charge in [0, 0.05) is 35.6 Å². The van der Waals surface area contributed by atoms with Crippen LogP contribution < -0.4 is 5.56 Å². The number of aromatic nitrogens is 3. The van der Waals surface area contributed by atoms with E-state index in [0.29, 0.717) is 34.3 Å². The lowest BCUT2D eigenvalue weighted by atomic mass is 10.1. The third kappa shape index (κ3) is 3.78. The number of aryl methyl sites for hydroxylation is 1. The van der Waals surface area contributed by atoms with Crippen molar-refractivity contribution >= 4 is 39.9 Å². The van der Waals surface area contributed by atoms with Gasteiger partial charge in [0.15, 0.2) is 5.78 Å². The van der Waals surface area contributed by atoms with Crippen molar-refractivity contribution in [3.8, 4) is 0 Å². The van der Waals surface area contributed by atoms with Crippen LogP contribution in [-0.4, -0.2) is 33.6 Å². The molecule has 0 fully saturated rings. The summed E-state index contributed by atoms with van der Waals surface area (Å²) >= 11 is 12.1. The van der Waals surface area contributed by atoms with Crippen LogP contribution in [0.25, 0.3) is 10.9 Å². The fraction of sp³-hybridized carbons (Fsp3) is 0.316. The second kappa shape index (κ2) is 7.84. The van der Waals surface area contributed by atoms with Crippen molar-refractivity contribution in [1.82, 2.24) is 14.1 Å². The van der Waals surface area contributed by atoms with E-state index in [0.717, 1.165) is 11.4 Å². The van der Waals surface area contributed by atoms with Gasteiger partial charge in [0.1, 0.15) is 0 Å². The maximum absolute atomic E-state index is 12.8. The molecule has 0 atom stereocenters. The topological polar surface area (TPSA) is 66.1 Å². The van der Waals surface area contributed by atoms with E-state index in [2.05, 4.69) is 4.98 Å². The highest BCUT2D eigenvalue weighted by atomic mass is 35.5. The van der Waals surface area contributed by atoms with Crippen LogP contribution in [0.5, 0.6) is 0 Å². The number of carbonyl (C=O) groups is 1. The highest BCUT2D eigenvalue weighted by molar-refractivity contribution is 6.38. The van der Waals surface area contributed by atoms with Crippen LogP contribution in [0.3, 0.4) is 0 Å². The molecule has 27 heavy (non-hydrogen) atoms. The predicted molar refractivity (Wildman–Crippen MR) is 106 cm³/mol. The summed E-state index contributed by atoms with van der Waals surface area (Å²) < 4.78 is 8.42. The molecule has 6 nitrogen and oxygen atoms in total. The van der Waals surface area contributed by atoms with Crippen LogP contribution in [0.2, 0.25) is 10.0 Å². The summed E-state index contributed by atoms with van der Waals surface area (Å²) in [5.41, 5.74) is 2.41. The Balaban J connectivity index is 1.95. The van der Waals surface area contributed by atoms with Crippen LogP contribution >= 0.6 is 23.2 Å². The zero-order chi connectivity index (χ0) is 19.7. The number of hydrogen-bond donors (Lipinski definition) is 0. The van der Waals surface area contributed by atoms with E-state index in [9.17, 15) is 9.59 Å². The third-order valence-electron chi connectivity index (χ3n) is 4.55. The van der Waals surface area contributed by atoms with Gasteiger partial charge in [-0.3, -0.25) is 14.2 Å². The molecule has 0 aliphatic heterocycles. The molecule has 0 saturated heterocycles. The van der Waals surface area contributed by atoms with Gasteiger partial charge in [-0.05, 0) is 32.0 Å². The first-order chi connectivity index (χ1) is 12.8. The molecule has 3 rings (SSSR count). The maximum atomic E-state index is 12.8. The molecule has 3 aromatic rings.